The third kappa shape index (κ3) is 6.43. The van der Waals surface area contributed by atoms with Crippen LogP contribution in [0.2, 0.25) is 0 Å². The van der Waals surface area contributed by atoms with Crippen LogP contribution in [0.4, 0.5) is 0 Å². The molecule has 1 aliphatic heterocycles. The van der Waals surface area contributed by atoms with Gasteiger partial charge in [0, 0.05) is 38.0 Å². The Kier molecular flexibility index (Phi) is 7.76. The van der Waals surface area contributed by atoms with E-state index in [0.29, 0.717) is 12.1 Å². The van der Waals surface area contributed by atoms with Crippen LogP contribution in [0, 0.1) is 0 Å². The van der Waals surface area contributed by atoms with Gasteiger partial charge in [0.25, 0.3) is 0 Å². The van der Waals surface area contributed by atoms with Crippen LogP contribution in [0.25, 0.3) is 0 Å². The van der Waals surface area contributed by atoms with Gasteiger partial charge in [0.15, 0.2) is 5.96 Å². The first-order valence-electron chi connectivity index (χ1n) is 8.48. The molecule has 23 heavy (non-hydrogen) atoms. The lowest BCUT2D eigenvalue weighted by molar-refractivity contribution is 0.249. The summed E-state index contributed by atoms with van der Waals surface area (Å²) in [6.07, 6.45) is 2.55. The Balaban J connectivity index is 1.74. The second kappa shape index (κ2) is 9.83. The van der Waals surface area contributed by atoms with Gasteiger partial charge in [-0.25, -0.2) is 0 Å². The van der Waals surface area contributed by atoms with E-state index in [9.17, 15) is 0 Å². The molecule has 2 rings (SSSR count). The fraction of sp³-hybridized carbons (Fsp3) is 0.611. The van der Waals surface area contributed by atoms with Crippen molar-refractivity contribution in [1.82, 2.24) is 15.5 Å². The van der Waals surface area contributed by atoms with E-state index in [2.05, 4.69) is 64.8 Å². The summed E-state index contributed by atoms with van der Waals surface area (Å²) in [6, 6.07) is 11.6. The zero-order valence-electron chi connectivity index (χ0n) is 14.6. The number of aliphatic imine (C=N–C) groups is 1. The van der Waals surface area contributed by atoms with Crippen LogP contribution >= 0.6 is 11.8 Å². The fourth-order valence-corrected chi connectivity index (χ4v) is 3.74. The highest BCUT2D eigenvalue weighted by atomic mass is 32.2. The van der Waals surface area contributed by atoms with Crippen LogP contribution in [-0.2, 0) is 6.54 Å². The lowest BCUT2D eigenvalue weighted by Crippen LogP contribution is -2.49. The average Bonchev–Trinajstić information content (AvgIpc) is 2.60. The number of nitrogens with zero attached hydrogens (tertiary/aromatic N) is 2. The third-order valence-electron chi connectivity index (χ3n) is 4.32. The number of likely N-dealkylation sites (N-methyl/N-ethyl adjacent to an activating group) is 1. The van der Waals surface area contributed by atoms with Crippen LogP contribution in [-0.4, -0.2) is 55.1 Å². The zero-order chi connectivity index (χ0) is 16.5. The number of hydrogen-bond acceptors (Lipinski definition) is 3. The molecule has 0 radical (unpaired) electrons. The van der Waals surface area contributed by atoms with Crippen LogP contribution in [0.15, 0.2) is 35.3 Å². The first kappa shape index (κ1) is 18.1. The fourth-order valence-electron chi connectivity index (χ4n) is 2.67. The molecule has 0 amide bonds. The zero-order valence-corrected chi connectivity index (χ0v) is 15.4. The lowest BCUT2D eigenvalue weighted by atomic mass is 10.2. The number of hydrogen-bond donors (Lipinski definition) is 2. The molecule has 1 aromatic rings. The first-order valence-corrected chi connectivity index (χ1v) is 9.63. The molecule has 1 aromatic carbocycles. The Labute approximate surface area is 145 Å². The van der Waals surface area contributed by atoms with Gasteiger partial charge in [-0.3, -0.25) is 9.89 Å². The van der Waals surface area contributed by atoms with Gasteiger partial charge in [0.1, 0.15) is 0 Å². The SMILES string of the molecule is CN=C(NCC(C)N(C)Cc1ccccc1)NC1CCCSC1. The molecule has 0 spiro atoms. The van der Waals surface area contributed by atoms with Gasteiger partial charge in [-0.15, -0.1) is 0 Å². The second-order valence-corrected chi connectivity index (χ2v) is 7.41. The number of rotatable bonds is 6. The van der Waals surface area contributed by atoms with E-state index < -0.39 is 0 Å². The Morgan fingerprint density at radius 1 is 1.39 bits per heavy atom. The van der Waals surface area contributed by atoms with E-state index in [1.54, 1.807) is 0 Å². The number of guanidine groups is 1. The molecule has 1 aliphatic rings. The standard InChI is InChI=1S/C18H30N4S/c1-15(22(3)13-16-8-5-4-6-9-16)12-20-18(19-2)21-17-10-7-11-23-14-17/h4-6,8-9,15,17H,7,10-14H2,1-3H3,(H2,19,20,21). The molecule has 4 nitrogen and oxygen atoms in total. The van der Waals surface area contributed by atoms with Gasteiger partial charge in [0.05, 0.1) is 0 Å². The molecule has 128 valence electrons. The second-order valence-electron chi connectivity index (χ2n) is 6.26. The minimum Gasteiger partial charge on any atom is -0.355 e. The van der Waals surface area contributed by atoms with Crippen molar-refractivity contribution >= 4 is 17.7 Å². The predicted octanol–water partition coefficient (Wildman–Crippen LogP) is 2.57. The van der Waals surface area contributed by atoms with Gasteiger partial charge in [-0.2, -0.15) is 11.8 Å². The summed E-state index contributed by atoms with van der Waals surface area (Å²) in [7, 11) is 4.02. The summed E-state index contributed by atoms with van der Waals surface area (Å²) in [4.78, 5) is 6.73. The summed E-state index contributed by atoms with van der Waals surface area (Å²) in [5.74, 6) is 3.41. The van der Waals surface area contributed by atoms with Crippen molar-refractivity contribution < 1.29 is 0 Å². The normalized spacial score (nSPS) is 20.3. The molecule has 2 unspecified atom stereocenters. The third-order valence-corrected chi connectivity index (χ3v) is 5.53. The van der Waals surface area contributed by atoms with E-state index in [-0.39, 0.29) is 0 Å². The van der Waals surface area contributed by atoms with Crippen LogP contribution in [0.1, 0.15) is 25.3 Å². The van der Waals surface area contributed by atoms with Crippen LogP contribution in [0.3, 0.4) is 0 Å². The van der Waals surface area contributed by atoms with E-state index in [0.717, 1.165) is 19.0 Å². The molecular formula is C18H30N4S. The van der Waals surface area contributed by atoms with Crippen molar-refractivity contribution in [3.05, 3.63) is 35.9 Å². The average molecular weight is 335 g/mol. The topological polar surface area (TPSA) is 39.7 Å². The van der Waals surface area contributed by atoms with Gasteiger partial charge in [0.2, 0.25) is 0 Å². The number of nitrogens with one attached hydrogen (secondary N) is 2. The van der Waals surface area contributed by atoms with Crippen LogP contribution < -0.4 is 10.6 Å². The van der Waals surface area contributed by atoms with E-state index in [4.69, 9.17) is 0 Å². The Bertz CT molecular complexity index is 471. The molecule has 1 saturated heterocycles. The molecule has 0 aliphatic carbocycles. The smallest absolute Gasteiger partial charge is 0.191 e. The summed E-state index contributed by atoms with van der Waals surface area (Å²) in [5.41, 5.74) is 1.35. The number of benzene rings is 1. The van der Waals surface area contributed by atoms with Gasteiger partial charge in [-0.05, 0) is 38.1 Å². The summed E-state index contributed by atoms with van der Waals surface area (Å²) in [5, 5.41) is 7.02. The minimum absolute atomic E-state index is 0.439. The highest BCUT2D eigenvalue weighted by molar-refractivity contribution is 7.99. The largest absolute Gasteiger partial charge is 0.355 e. The molecule has 0 aromatic heterocycles. The molecule has 1 fully saturated rings. The molecule has 0 saturated carbocycles. The maximum absolute atomic E-state index is 4.36. The summed E-state index contributed by atoms with van der Waals surface area (Å²) in [6.45, 7) is 4.11. The maximum Gasteiger partial charge on any atom is 0.191 e. The molecular weight excluding hydrogens is 304 g/mol. The summed E-state index contributed by atoms with van der Waals surface area (Å²) >= 11 is 2.03. The van der Waals surface area contributed by atoms with Crippen LogP contribution in [0.5, 0.6) is 0 Å². The van der Waals surface area contributed by atoms with Gasteiger partial charge in [-0.1, -0.05) is 30.3 Å². The Hall–Kier alpha value is -1.20. The highest BCUT2D eigenvalue weighted by Crippen LogP contribution is 2.16. The summed E-state index contributed by atoms with van der Waals surface area (Å²) < 4.78 is 0. The van der Waals surface area contributed by atoms with Crippen molar-refractivity contribution in [2.75, 3.05) is 32.1 Å². The molecule has 0 bridgehead atoms. The van der Waals surface area contributed by atoms with Crippen molar-refractivity contribution in [2.24, 2.45) is 4.99 Å². The van der Waals surface area contributed by atoms with E-state index in [1.165, 1.54) is 29.9 Å². The van der Waals surface area contributed by atoms with Crippen molar-refractivity contribution in [1.29, 1.82) is 0 Å². The Morgan fingerprint density at radius 2 is 2.17 bits per heavy atom. The van der Waals surface area contributed by atoms with E-state index in [1.807, 2.05) is 18.8 Å². The molecule has 2 N–H and O–H groups in total. The van der Waals surface area contributed by atoms with Crippen molar-refractivity contribution in [3.63, 3.8) is 0 Å². The molecule has 1 heterocycles. The van der Waals surface area contributed by atoms with Crippen molar-refractivity contribution in [2.45, 2.75) is 38.4 Å². The highest BCUT2D eigenvalue weighted by Gasteiger charge is 2.16. The monoisotopic (exact) mass is 334 g/mol. The van der Waals surface area contributed by atoms with Gasteiger partial charge < -0.3 is 10.6 Å². The lowest BCUT2D eigenvalue weighted by Gasteiger charge is -2.28. The predicted molar refractivity (Wildman–Crippen MR) is 102 cm³/mol. The Morgan fingerprint density at radius 3 is 2.83 bits per heavy atom. The molecule has 5 heteroatoms. The van der Waals surface area contributed by atoms with E-state index >= 15 is 0 Å². The van der Waals surface area contributed by atoms with Crippen molar-refractivity contribution in [3.8, 4) is 0 Å². The number of thioether (sulfide) groups is 1. The minimum atomic E-state index is 0.439. The first-order chi connectivity index (χ1) is 11.2. The van der Waals surface area contributed by atoms with Gasteiger partial charge >= 0.3 is 0 Å². The maximum atomic E-state index is 4.36. The molecule has 2 atom stereocenters. The quantitative estimate of drug-likeness (QED) is 0.620.